The lowest BCUT2D eigenvalue weighted by molar-refractivity contribution is -0.595. The Labute approximate surface area is 442 Å². The predicted molar refractivity (Wildman–Crippen MR) is 321 cm³/mol. The van der Waals surface area contributed by atoms with Crippen LogP contribution in [0.1, 0.15) is 244 Å². The lowest BCUT2D eigenvalue weighted by atomic mass is 9.19. The van der Waals surface area contributed by atoms with E-state index in [-0.39, 0.29) is 0 Å². The molecule has 2 heterocycles. The van der Waals surface area contributed by atoms with Crippen LogP contribution in [0.4, 0.5) is 0 Å². The number of benzene rings is 4. The Morgan fingerprint density at radius 1 is 0.319 bits per heavy atom. The Morgan fingerprint density at radius 3 is 0.694 bits per heavy atom. The standard InChI is InChI=1S/2C33H51BN2/c2*1-12-34(13-2,14-3)31-21-35(32-27(23(4)5)17-15-18-28(32)24(6)7)22-36(31)33-29(25(8)9)19-16-20-30(33)26(10)11/h2*15-26H,12-14H2,1-11H3. The quantitative estimate of drug-likeness (QED) is 0.0536. The van der Waals surface area contributed by atoms with Gasteiger partial charge in [-0.25, -0.2) is 18.3 Å². The fraction of sp³-hybridized carbons (Fsp3) is 0.545. The van der Waals surface area contributed by atoms with Crippen LogP contribution in [0.2, 0.25) is 37.9 Å². The van der Waals surface area contributed by atoms with Gasteiger partial charge in [0.25, 0.3) is 12.7 Å². The molecule has 392 valence electrons. The summed E-state index contributed by atoms with van der Waals surface area (Å²) in [5.74, 6) is 3.70. The Hall–Kier alpha value is -4.57. The van der Waals surface area contributed by atoms with Crippen molar-refractivity contribution in [1.82, 2.24) is 9.13 Å². The van der Waals surface area contributed by atoms with Crippen molar-refractivity contribution in [2.24, 2.45) is 0 Å². The summed E-state index contributed by atoms with van der Waals surface area (Å²) in [5.41, 5.74) is 20.1. The van der Waals surface area contributed by atoms with Crippen LogP contribution in [0, 0.1) is 0 Å². The molecular weight excluding hydrogens is 870 g/mol. The van der Waals surface area contributed by atoms with Crippen molar-refractivity contribution in [3.05, 3.63) is 142 Å². The lowest BCUT2D eigenvalue weighted by Crippen LogP contribution is -2.50. The van der Waals surface area contributed by atoms with E-state index in [0.717, 1.165) is 0 Å². The molecule has 0 N–H and O–H groups in total. The zero-order chi connectivity index (χ0) is 53.6. The molecule has 0 unspecified atom stereocenters. The number of hydrogen-bond acceptors (Lipinski definition) is 0. The van der Waals surface area contributed by atoms with E-state index < -0.39 is 12.3 Å². The van der Waals surface area contributed by atoms with Crippen molar-refractivity contribution in [2.75, 3.05) is 0 Å². The monoisotopic (exact) mass is 973 g/mol. The largest absolute Gasteiger partial charge is 0.251 e. The van der Waals surface area contributed by atoms with Crippen LogP contribution in [0.25, 0.3) is 22.7 Å². The summed E-state index contributed by atoms with van der Waals surface area (Å²) in [4.78, 5) is 0. The topological polar surface area (TPSA) is 17.6 Å². The first-order valence-electron chi connectivity index (χ1n) is 29.3. The van der Waals surface area contributed by atoms with Gasteiger partial charge in [-0.05, 0) is 58.5 Å². The zero-order valence-electron chi connectivity index (χ0n) is 50.0. The number of hydrogen-bond donors (Lipinski definition) is 0. The van der Waals surface area contributed by atoms with Gasteiger partial charge < -0.3 is 0 Å². The summed E-state index contributed by atoms with van der Waals surface area (Å²) in [6, 6.07) is 27.7. The first-order valence-corrected chi connectivity index (χ1v) is 29.3. The zero-order valence-corrected chi connectivity index (χ0v) is 50.0. The van der Waals surface area contributed by atoms with Crippen molar-refractivity contribution in [2.45, 2.75) is 238 Å². The van der Waals surface area contributed by atoms with Gasteiger partial charge in [0.05, 0.1) is 24.7 Å². The second-order valence-electron chi connectivity index (χ2n) is 24.7. The third-order valence-corrected chi connectivity index (χ3v) is 17.9. The third-order valence-electron chi connectivity index (χ3n) is 17.9. The van der Waals surface area contributed by atoms with E-state index in [2.05, 4.69) is 268 Å². The molecule has 0 aliphatic rings. The highest BCUT2D eigenvalue weighted by atomic mass is 15.1. The summed E-state index contributed by atoms with van der Waals surface area (Å²) < 4.78 is 10.2. The van der Waals surface area contributed by atoms with E-state index in [4.69, 9.17) is 0 Å². The molecule has 6 heteroatoms. The van der Waals surface area contributed by atoms with Gasteiger partial charge in [-0.1, -0.05) is 225 Å². The molecule has 2 aromatic heterocycles. The molecule has 0 aliphatic heterocycles. The van der Waals surface area contributed by atoms with Crippen molar-refractivity contribution in [3.8, 4) is 22.7 Å². The molecule has 0 aliphatic carbocycles. The number of aromatic nitrogens is 4. The average Bonchev–Trinajstić information content (AvgIpc) is 4.01. The second kappa shape index (κ2) is 24.6. The van der Waals surface area contributed by atoms with Crippen LogP contribution in [0.15, 0.2) is 97.8 Å². The molecule has 0 spiro atoms. The van der Waals surface area contributed by atoms with Crippen molar-refractivity contribution < 1.29 is 9.13 Å². The van der Waals surface area contributed by atoms with Gasteiger partial charge in [-0.2, -0.15) is 37.9 Å². The lowest BCUT2D eigenvalue weighted by Gasteiger charge is -2.34. The Kier molecular flexibility index (Phi) is 20.0. The molecule has 0 saturated carbocycles. The first kappa shape index (κ1) is 58.3. The van der Waals surface area contributed by atoms with E-state index in [9.17, 15) is 0 Å². The summed E-state index contributed by atoms with van der Waals surface area (Å²) in [6.07, 6.45) is 15.6. The highest BCUT2D eigenvalue weighted by Crippen LogP contribution is 2.36. The molecule has 4 nitrogen and oxygen atoms in total. The molecule has 4 aromatic carbocycles. The van der Waals surface area contributed by atoms with E-state index in [1.165, 1.54) is 116 Å². The van der Waals surface area contributed by atoms with Crippen LogP contribution in [-0.2, 0) is 0 Å². The van der Waals surface area contributed by atoms with Gasteiger partial charge >= 0.3 is 0 Å². The number of nitrogens with zero attached hydrogens (tertiary/aromatic N) is 4. The van der Waals surface area contributed by atoms with Gasteiger partial charge in [-0.15, -0.1) is 0 Å². The van der Waals surface area contributed by atoms with E-state index >= 15 is 0 Å². The molecular formula is C66H102B2N4. The first-order chi connectivity index (χ1) is 34.0. The highest BCUT2D eigenvalue weighted by Gasteiger charge is 2.36. The number of imidazole rings is 2. The summed E-state index contributed by atoms with van der Waals surface area (Å²) in [7, 11) is 0. The molecule has 0 saturated heterocycles. The molecule has 6 aromatic rings. The van der Waals surface area contributed by atoms with Crippen molar-refractivity contribution in [3.63, 3.8) is 0 Å². The molecule has 6 rings (SSSR count). The summed E-state index contributed by atoms with van der Waals surface area (Å²) in [6.45, 7) is 51.7. The second-order valence-corrected chi connectivity index (χ2v) is 24.7. The van der Waals surface area contributed by atoms with Crippen LogP contribution < -0.4 is 20.3 Å². The maximum atomic E-state index is 2.61. The van der Waals surface area contributed by atoms with Crippen molar-refractivity contribution in [1.29, 1.82) is 0 Å². The Morgan fingerprint density at radius 2 is 0.514 bits per heavy atom. The maximum Gasteiger partial charge on any atom is 0.251 e. The summed E-state index contributed by atoms with van der Waals surface area (Å²) in [5, 5.41) is 0. The number of rotatable bonds is 20. The Bertz CT molecular complexity index is 2390. The fourth-order valence-corrected chi connectivity index (χ4v) is 12.6. The smallest absolute Gasteiger partial charge is 0.238 e. The van der Waals surface area contributed by atoms with Crippen molar-refractivity contribution >= 4 is 23.5 Å². The van der Waals surface area contributed by atoms with E-state index in [1.54, 1.807) is 0 Å². The van der Waals surface area contributed by atoms with Crippen LogP contribution in [-0.4, -0.2) is 21.4 Å². The summed E-state index contributed by atoms with van der Waals surface area (Å²) >= 11 is 0. The van der Waals surface area contributed by atoms with E-state index in [0.29, 0.717) is 47.3 Å². The number of para-hydroxylation sites is 4. The van der Waals surface area contributed by atoms with Gasteiger partial charge in [0.2, 0.25) is 0 Å². The van der Waals surface area contributed by atoms with Crippen LogP contribution in [0.5, 0.6) is 0 Å². The SMILES string of the molecule is CC[B-](CC)(CC)c1c[n+](-c2c(C(C)C)cccc2C(C)C)cn1-c1c(C(C)C)cccc1C(C)C.CC[B-](CC)(CC)c1c[n+](-c2c(C(C)C)cccc2C(C)C)cn1-c1c(C(C)C)cccc1C(C)C. The normalized spacial score (nSPS) is 12.5. The van der Waals surface area contributed by atoms with Gasteiger partial charge in [0.1, 0.15) is 22.7 Å². The van der Waals surface area contributed by atoms with Gasteiger partial charge in [0, 0.05) is 44.5 Å². The molecule has 0 radical (unpaired) electrons. The minimum atomic E-state index is -0.690. The van der Waals surface area contributed by atoms with E-state index in [1.807, 2.05) is 0 Å². The Balaban J connectivity index is 0.000000267. The molecule has 72 heavy (non-hydrogen) atoms. The minimum absolute atomic E-state index is 0.461. The van der Waals surface area contributed by atoms with Gasteiger partial charge in [0.15, 0.2) is 0 Å². The molecule has 0 atom stereocenters. The highest BCUT2D eigenvalue weighted by molar-refractivity contribution is 6.91. The fourth-order valence-electron chi connectivity index (χ4n) is 12.6. The molecule has 0 amide bonds. The third kappa shape index (κ3) is 11.5. The maximum absolute atomic E-state index is 2.61. The molecule has 0 bridgehead atoms. The van der Waals surface area contributed by atoms with Crippen LogP contribution >= 0.6 is 0 Å². The van der Waals surface area contributed by atoms with Gasteiger partial charge in [-0.3, -0.25) is 0 Å². The van der Waals surface area contributed by atoms with Crippen LogP contribution in [0.3, 0.4) is 0 Å². The molecule has 0 fully saturated rings. The predicted octanol–water partition coefficient (Wildman–Crippen LogP) is 17.9. The average molecular weight is 973 g/mol. The minimum Gasteiger partial charge on any atom is -0.238 e.